The van der Waals surface area contributed by atoms with E-state index in [-0.39, 0.29) is 11.7 Å². The lowest BCUT2D eigenvalue weighted by Crippen LogP contribution is -2.32. The second kappa shape index (κ2) is 10.8. The van der Waals surface area contributed by atoms with Crippen molar-refractivity contribution >= 4 is 34.4 Å². The van der Waals surface area contributed by atoms with Crippen LogP contribution in [0.5, 0.6) is 0 Å². The molecule has 6 rings (SSSR count). The van der Waals surface area contributed by atoms with Crippen LogP contribution in [0.1, 0.15) is 28.8 Å². The minimum Gasteiger partial charge on any atom is -0.379 e. The molecule has 1 saturated carbocycles. The number of carbonyl (C=O) groups is 1. The molecule has 0 bridgehead atoms. The van der Waals surface area contributed by atoms with Gasteiger partial charge in [0.2, 0.25) is 0 Å². The zero-order valence-electron chi connectivity index (χ0n) is 21.1. The van der Waals surface area contributed by atoms with Gasteiger partial charge in [0, 0.05) is 43.0 Å². The number of carbonyl (C=O) groups excluding carboxylic acids is 1. The van der Waals surface area contributed by atoms with Gasteiger partial charge in [0.25, 0.3) is 5.91 Å². The number of nitrogens with one attached hydrogen (secondary N) is 2. The molecule has 5 aromatic rings. The lowest BCUT2D eigenvalue weighted by Gasteiger charge is -2.12. The molecule has 10 nitrogen and oxygen atoms in total. The van der Waals surface area contributed by atoms with Crippen LogP contribution in [0.2, 0.25) is 5.02 Å². The SMILES string of the molecule is Nc1nonc1-c1nc2c(-c3cccc(Cl)c3)ncc(C(=O)NCCNCc3ccccc3)c2n1CC1CC1. The lowest BCUT2D eigenvalue weighted by molar-refractivity contribution is 0.0955. The number of anilines is 1. The van der Waals surface area contributed by atoms with Gasteiger partial charge in [0.05, 0.1) is 16.8 Å². The number of halogens is 1. The third-order valence-electron chi connectivity index (χ3n) is 6.74. The highest BCUT2D eigenvalue weighted by Gasteiger charge is 2.30. The molecule has 2 aromatic carbocycles. The molecule has 1 fully saturated rings. The van der Waals surface area contributed by atoms with Gasteiger partial charge < -0.3 is 20.9 Å². The van der Waals surface area contributed by atoms with Crippen LogP contribution in [0, 0.1) is 5.92 Å². The van der Waals surface area contributed by atoms with E-state index in [1.807, 2.05) is 41.0 Å². The first kappa shape index (κ1) is 25.0. The summed E-state index contributed by atoms with van der Waals surface area (Å²) in [4.78, 5) is 23.1. The molecular formula is C28H27ClN8O2. The summed E-state index contributed by atoms with van der Waals surface area (Å²) in [6, 6.07) is 17.5. The Morgan fingerprint density at radius 2 is 1.92 bits per heavy atom. The number of pyridine rings is 1. The molecular weight excluding hydrogens is 516 g/mol. The van der Waals surface area contributed by atoms with Crippen molar-refractivity contribution in [3.05, 3.63) is 76.9 Å². The summed E-state index contributed by atoms with van der Waals surface area (Å²) < 4.78 is 6.89. The molecule has 0 aliphatic heterocycles. The summed E-state index contributed by atoms with van der Waals surface area (Å²) in [6.45, 7) is 2.45. The van der Waals surface area contributed by atoms with Crippen molar-refractivity contribution in [1.82, 2.24) is 35.5 Å². The van der Waals surface area contributed by atoms with Crippen molar-refractivity contribution in [2.24, 2.45) is 5.92 Å². The van der Waals surface area contributed by atoms with Crippen LogP contribution >= 0.6 is 11.6 Å². The van der Waals surface area contributed by atoms with Crippen LogP contribution in [-0.4, -0.2) is 43.8 Å². The monoisotopic (exact) mass is 542 g/mol. The number of nitrogens with zero attached hydrogens (tertiary/aromatic N) is 5. The average molecular weight is 543 g/mol. The minimum absolute atomic E-state index is 0.134. The molecule has 0 radical (unpaired) electrons. The van der Waals surface area contributed by atoms with Gasteiger partial charge in [-0.05, 0) is 46.8 Å². The van der Waals surface area contributed by atoms with Gasteiger partial charge in [-0.1, -0.05) is 54.1 Å². The van der Waals surface area contributed by atoms with Gasteiger partial charge in [0.1, 0.15) is 5.52 Å². The van der Waals surface area contributed by atoms with E-state index in [2.05, 4.69) is 38.1 Å². The largest absolute Gasteiger partial charge is 0.379 e. The van der Waals surface area contributed by atoms with E-state index in [1.54, 1.807) is 12.3 Å². The summed E-state index contributed by atoms with van der Waals surface area (Å²) >= 11 is 6.29. The van der Waals surface area contributed by atoms with E-state index in [0.717, 1.165) is 24.9 Å². The molecule has 11 heteroatoms. The van der Waals surface area contributed by atoms with Crippen molar-refractivity contribution in [2.45, 2.75) is 25.9 Å². The third kappa shape index (κ3) is 5.34. The summed E-state index contributed by atoms with van der Waals surface area (Å²) in [6.07, 6.45) is 3.81. The first-order valence-electron chi connectivity index (χ1n) is 12.8. The maximum absolute atomic E-state index is 13.5. The fraction of sp³-hybridized carbons (Fsp3) is 0.250. The maximum atomic E-state index is 13.5. The number of fused-ring (bicyclic) bond motifs is 1. The van der Waals surface area contributed by atoms with Crippen LogP contribution in [0.4, 0.5) is 5.82 Å². The van der Waals surface area contributed by atoms with Crippen molar-refractivity contribution < 1.29 is 9.42 Å². The Hall–Kier alpha value is -4.28. The molecule has 39 heavy (non-hydrogen) atoms. The maximum Gasteiger partial charge on any atom is 0.255 e. The number of aromatic nitrogens is 5. The number of rotatable bonds is 10. The standard InChI is InChI=1S/C28H27ClN8O2/c29-20-8-4-7-19(13-20)22-23-25(37(16-18-9-10-18)27(34-23)24-26(30)36-39-35-24)21(15-33-22)28(38)32-12-11-31-14-17-5-2-1-3-6-17/h1-8,13,15,18,31H,9-12,14,16H2,(H2,30,36)(H,32,38). The Labute approximate surface area is 229 Å². The Bertz CT molecular complexity index is 1630. The van der Waals surface area contributed by atoms with Crippen molar-refractivity contribution in [3.63, 3.8) is 0 Å². The first-order valence-corrected chi connectivity index (χ1v) is 13.2. The number of benzene rings is 2. The Kier molecular flexibility index (Phi) is 6.95. The topological polar surface area (TPSA) is 137 Å². The van der Waals surface area contributed by atoms with Crippen LogP contribution in [0.3, 0.4) is 0 Å². The van der Waals surface area contributed by atoms with Crippen LogP contribution in [0.15, 0.2) is 65.4 Å². The fourth-order valence-electron chi connectivity index (χ4n) is 4.61. The first-order chi connectivity index (χ1) is 19.1. The van der Waals surface area contributed by atoms with Crippen molar-refractivity contribution in [2.75, 3.05) is 18.8 Å². The Morgan fingerprint density at radius 1 is 1.08 bits per heavy atom. The van der Waals surface area contributed by atoms with Crippen molar-refractivity contribution in [3.8, 4) is 22.8 Å². The summed E-state index contributed by atoms with van der Waals surface area (Å²) in [7, 11) is 0. The van der Waals surface area contributed by atoms with Crippen LogP contribution in [-0.2, 0) is 13.1 Å². The molecule has 1 aliphatic rings. The van der Waals surface area contributed by atoms with E-state index < -0.39 is 0 Å². The Balaban J connectivity index is 1.36. The third-order valence-corrected chi connectivity index (χ3v) is 6.97. The van der Waals surface area contributed by atoms with Crippen molar-refractivity contribution in [1.29, 1.82) is 0 Å². The lowest BCUT2D eigenvalue weighted by atomic mass is 10.1. The predicted octanol–water partition coefficient (Wildman–Crippen LogP) is 4.31. The quantitative estimate of drug-likeness (QED) is 0.222. The number of amides is 1. The predicted molar refractivity (Wildman–Crippen MR) is 149 cm³/mol. The molecule has 1 aliphatic carbocycles. The van der Waals surface area contributed by atoms with E-state index in [0.29, 0.717) is 64.4 Å². The molecule has 1 amide bonds. The average Bonchev–Trinajstić information content (AvgIpc) is 3.55. The smallest absolute Gasteiger partial charge is 0.255 e. The van der Waals surface area contributed by atoms with Gasteiger partial charge in [-0.2, -0.15) is 0 Å². The van der Waals surface area contributed by atoms with Crippen LogP contribution < -0.4 is 16.4 Å². The highest BCUT2D eigenvalue weighted by atomic mass is 35.5. The fourth-order valence-corrected chi connectivity index (χ4v) is 4.80. The van der Waals surface area contributed by atoms with E-state index >= 15 is 0 Å². The number of nitrogens with two attached hydrogens (primary N) is 1. The second-order valence-electron chi connectivity index (χ2n) is 9.63. The molecule has 198 valence electrons. The number of hydrogen-bond donors (Lipinski definition) is 3. The zero-order chi connectivity index (χ0) is 26.8. The molecule has 0 unspecified atom stereocenters. The number of imidazole rings is 1. The van der Waals surface area contributed by atoms with E-state index in [1.165, 1.54) is 5.56 Å². The molecule has 3 heterocycles. The molecule has 4 N–H and O–H groups in total. The minimum atomic E-state index is -0.235. The van der Waals surface area contributed by atoms with Gasteiger partial charge in [-0.3, -0.25) is 9.78 Å². The van der Waals surface area contributed by atoms with Gasteiger partial charge >= 0.3 is 0 Å². The van der Waals surface area contributed by atoms with E-state index in [9.17, 15) is 4.79 Å². The molecule has 0 spiro atoms. The van der Waals surface area contributed by atoms with E-state index in [4.69, 9.17) is 26.9 Å². The molecule has 0 atom stereocenters. The van der Waals surface area contributed by atoms with Gasteiger partial charge in [-0.15, -0.1) is 0 Å². The summed E-state index contributed by atoms with van der Waals surface area (Å²) in [5, 5.41) is 14.7. The zero-order valence-corrected chi connectivity index (χ0v) is 21.9. The second-order valence-corrected chi connectivity index (χ2v) is 10.1. The van der Waals surface area contributed by atoms with Crippen LogP contribution in [0.25, 0.3) is 33.8 Å². The molecule has 3 aromatic heterocycles. The molecule has 0 saturated heterocycles. The Morgan fingerprint density at radius 3 is 2.67 bits per heavy atom. The highest BCUT2D eigenvalue weighted by molar-refractivity contribution is 6.30. The summed E-state index contributed by atoms with van der Waals surface area (Å²) in [5.74, 6) is 0.866. The highest BCUT2D eigenvalue weighted by Crippen LogP contribution is 2.38. The number of nitrogen functional groups attached to an aromatic ring is 1. The number of hydrogen-bond acceptors (Lipinski definition) is 8. The summed E-state index contributed by atoms with van der Waals surface area (Å²) in [5.41, 5.74) is 10.6. The van der Waals surface area contributed by atoms with Gasteiger partial charge in [-0.25, -0.2) is 9.61 Å². The van der Waals surface area contributed by atoms with Gasteiger partial charge in [0.15, 0.2) is 17.3 Å². The normalized spacial score (nSPS) is 13.2.